The molecule has 7 nitrogen and oxygen atoms in total. The molecule has 0 unspecified atom stereocenters. The van der Waals surface area contributed by atoms with Crippen molar-refractivity contribution in [1.29, 1.82) is 0 Å². The van der Waals surface area contributed by atoms with Crippen molar-refractivity contribution in [3.05, 3.63) is 80.4 Å². The highest BCUT2D eigenvalue weighted by Crippen LogP contribution is 2.34. The van der Waals surface area contributed by atoms with Gasteiger partial charge in [-0.15, -0.1) is 0 Å². The number of rotatable bonds is 2. The van der Waals surface area contributed by atoms with Crippen molar-refractivity contribution in [2.75, 3.05) is 5.23 Å². The first kappa shape index (κ1) is 21.8. The molecule has 1 aliphatic rings. The van der Waals surface area contributed by atoms with Crippen LogP contribution in [-0.2, 0) is 27.3 Å². The normalized spacial score (nSPS) is 13.3. The van der Waals surface area contributed by atoms with Gasteiger partial charge in [0.15, 0.2) is 11.2 Å². The maximum atomic E-state index is 12.9. The van der Waals surface area contributed by atoms with Crippen LogP contribution in [0.5, 0.6) is 0 Å². The predicted molar refractivity (Wildman–Crippen MR) is 126 cm³/mol. The Balaban J connectivity index is 1.62. The summed E-state index contributed by atoms with van der Waals surface area (Å²) >= 11 is 0. The van der Waals surface area contributed by atoms with Crippen LogP contribution >= 0.6 is 0 Å². The van der Waals surface area contributed by atoms with Gasteiger partial charge in [0.05, 0.1) is 5.56 Å². The van der Waals surface area contributed by atoms with E-state index in [1.54, 1.807) is 18.7 Å². The van der Waals surface area contributed by atoms with Crippen LogP contribution in [0.4, 0.5) is 18.9 Å². The van der Waals surface area contributed by atoms with Crippen LogP contribution in [0, 0.1) is 0 Å². The van der Waals surface area contributed by atoms with Crippen molar-refractivity contribution in [3.8, 4) is 11.4 Å². The number of hydrogen-bond acceptors (Lipinski definition) is 4. The van der Waals surface area contributed by atoms with E-state index in [1.807, 2.05) is 30.3 Å². The molecular weight excluding hydrogens is 446 g/mol. The third-order valence-electron chi connectivity index (χ3n) is 6.18. The summed E-state index contributed by atoms with van der Waals surface area (Å²) in [5.74, 6) is 2.36. The topological polar surface area (TPSA) is 73.8 Å². The monoisotopic (exact) mass is 465 g/mol. The van der Waals surface area contributed by atoms with E-state index in [9.17, 15) is 22.8 Å². The lowest BCUT2D eigenvalue weighted by atomic mass is 9.54. The minimum absolute atomic E-state index is 0.272. The number of alkyl halides is 3. The average Bonchev–Trinajstić information content (AvgIpc) is 3.17. The lowest BCUT2D eigenvalue weighted by molar-refractivity contribution is -0.137. The summed E-state index contributed by atoms with van der Waals surface area (Å²) in [7, 11) is 4.69. The van der Waals surface area contributed by atoms with Gasteiger partial charge in [-0.05, 0) is 11.6 Å². The van der Waals surface area contributed by atoms with Gasteiger partial charge >= 0.3 is 18.7 Å². The Kier molecular flexibility index (Phi) is 4.82. The van der Waals surface area contributed by atoms with Gasteiger partial charge in [0, 0.05) is 32.4 Å². The van der Waals surface area contributed by atoms with E-state index < -0.39 is 23.0 Å². The maximum Gasteiger partial charge on any atom is 0.416 e. The number of aryl methyl sites for hydroxylation is 2. The van der Waals surface area contributed by atoms with Crippen LogP contribution in [0.2, 0.25) is 0 Å². The quantitative estimate of drug-likeness (QED) is 0.462. The molecule has 2 aromatic carbocycles. The van der Waals surface area contributed by atoms with Crippen LogP contribution < -0.4 is 21.9 Å². The zero-order chi connectivity index (χ0) is 24.4. The number of aromatic nitrogens is 4. The molecule has 2 aromatic heterocycles. The Morgan fingerprint density at radius 2 is 1.65 bits per heavy atom. The fourth-order valence-corrected chi connectivity index (χ4v) is 4.29. The Labute approximate surface area is 191 Å². The van der Waals surface area contributed by atoms with Gasteiger partial charge in [0.2, 0.25) is 0 Å². The molecular formula is C23H19BF3N5O2. The van der Waals surface area contributed by atoms with Crippen molar-refractivity contribution >= 4 is 35.2 Å². The Hall–Kier alpha value is -4.02. The molecule has 5 rings (SSSR count). The summed E-state index contributed by atoms with van der Waals surface area (Å²) in [6.45, 7) is -0.358. The van der Waals surface area contributed by atoms with Crippen molar-refractivity contribution < 1.29 is 13.2 Å². The molecule has 1 N–H and O–H groups in total. The van der Waals surface area contributed by atoms with Crippen molar-refractivity contribution in [3.63, 3.8) is 0 Å². The standard InChI is InChI=1S/C23H19BF3N5O2/c1-30-18-20(31(2)22(34)32(3)21(18)33)28-19(30)16-6-4-5-13-11-12-24(29-17(13)16)15-9-7-14(8-10-15)23(25,26)27/h4-12,29H,1-3H3. The fraction of sp³-hybridized carbons (Fsp3) is 0.174. The average molecular weight is 465 g/mol. The lowest BCUT2D eigenvalue weighted by Crippen LogP contribution is -2.38. The Morgan fingerprint density at radius 1 is 0.941 bits per heavy atom. The zero-order valence-corrected chi connectivity index (χ0v) is 18.5. The van der Waals surface area contributed by atoms with Gasteiger partial charge in [-0.25, -0.2) is 9.78 Å². The summed E-state index contributed by atoms with van der Waals surface area (Å²) in [6.07, 6.45) is -2.50. The molecule has 172 valence electrons. The smallest absolute Gasteiger partial charge is 0.416 e. The van der Waals surface area contributed by atoms with E-state index in [0.29, 0.717) is 22.4 Å². The second kappa shape index (κ2) is 7.51. The SMILES string of the molecule is Cn1c(=O)c2c(nc(-c3cccc4c3NB(c3ccc(C(F)(F)F)cc3)C=C4)n2C)n(C)c1=O. The van der Waals surface area contributed by atoms with Crippen LogP contribution in [0.25, 0.3) is 28.6 Å². The molecule has 3 heterocycles. The highest BCUT2D eigenvalue weighted by Gasteiger charge is 2.31. The first-order valence-electron chi connectivity index (χ1n) is 10.5. The molecule has 0 saturated heterocycles. The van der Waals surface area contributed by atoms with Crippen molar-refractivity contribution in [1.82, 2.24) is 18.7 Å². The number of benzene rings is 2. The highest BCUT2D eigenvalue weighted by atomic mass is 19.4. The molecule has 11 heteroatoms. The van der Waals surface area contributed by atoms with Crippen molar-refractivity contribution in [2.24, 2.45) is 21.1 Å². The fourth-order valence-electron chi connectivity index (χ4n) is 4.29. The molecule has 0 radical (unpaired) electrons. The lowest BCUT2D eigenvalue weighted by Gasteiger charge is -2.23. The second-order valence-corrected chi connectivity index (χ2v) is 8.24. The molecule has 34 heavy (non-hydrogen) atoms. The van der Waals surface area contributed by atoms with Gasteiger partial charge in [0.25, 0.3) is 5.56 Å². The number of nitrogens with zero attached hydrogens (tertiary/aromatic N) is 4. The maximum absolute atomic E-state index is 12.9. The summed E-state index contributed by atoms with van der Waals surface area (Å²) < 4.78 is 42.9. The van der Waals surface area contributed by atoms with Gasteiger partial charge < -0.3 is 9.79 Å². The number of anilines is 1. The molecule has 4 aromatic rings. The minimum atomic E-state index is -4.40. The van der Waals surface area contributed by atoms with Crippen LogP contribution in [0.1, 0.15) is 11.1 Å². The Bertz CT molecular complexity index is 1600. The van der Waals surface area contributed by atoms with Crippen LogP contribution in [-0.4, -0.2) is 25.5 Å². The molecule has 0 atom stereocenters. The predicted octanol–water partition coefficient (Wildman–Crippen LogP) is 2.53. The van der Waals surface area contributed by atoms with Gasteiger partial charge in [-0.3, -0.25) is 13.9 Å². The minimum Gasteiger partial charge on any atom is -0.419 e. The van der Waals surface area contributed by atoms with Crippen LogP contribution in [0.3, 0.4) is 0 Å². The van der Waals surface area contributed by atoms with E-state index in [1.165, 1.54) is 23.7 Å². The number of hydrogen-bond donors (Lipinski definition) is 1. The zero-order valence-electron chi connectivity index (χ0n) is 18.5. The van der Waals surface area contributed by atoms with E-state index in [2.05, 4.69) is 10.2 Å². The van der Waals surface area contributed by atoms with E-state index in [0.717, 1.165) is 28.0 Å². The number of halogens is 3. The number of fused-ring (bicyclic) bond motifs is 2. The third kappa shape index (κ3) is 3.27. The molecule has 0 fully saturated rings. The molecule has 1 aliphatic heterocycles. The van der Waals surface area contributed by atoms with Gasteiger partial charge in [-0.2, -0.15) is 13.2 Å². The van der Waals surface area contributed by atoms with Gasteiger partial charge in [-0.1, -0.05) is 53.9 Å². The molecule has 0 spiro atoms. The van der Waals surface area contributed by atoms with Crippen molar-refractivity contribution in [2.45, 2.75) is 6.18 Å². The van der Waals surface area contributed by atoms with E-state index >= 15 is 0 Å². The molecule has 0 amide bonds. The summed E-state index contributed by atoms with van der Waals surface area (Å²) in [5, 5.41) is 3.39. The molecule has 0 bridgehead atoms. The van der Waals surface area contributed by atoms with Gasteiger partial charge in [0.1, 0.15) is 5.82 Å². The first-order valence-corrected chi connectivity index (χ1v) is 10.5. The third-order valence-corrected chi connectivity index (χ3v) is 6.18. The highest BCUT2D eigenvalue weighted by molar-refractivity contribution is 6.81. The first-order chi connectivity index (χ1) is 16.1. The molecule has 0 aliphatic carbocycles. The number of nitrogens with one attached hydrogen (secondary N) is 1. The number of para-hydroxylation sites is 1. The molecule has 0 saturated carbocycles. The van der Waals surface area contributed by atoms with Crippen LogP contribution in [0.15, 0.2) is 58.0 Å². The summed E-state index contributed by atoms with van der Waals surface area (Å²) in [5.41, 5.74) is 1.92. The largest absolute Gasteiger partial charge is 0.419 e. The summed E-state index contributed by atoms with van der Waals surface area (Å²) in [4.78, 5) is 29.7. The summed E-state index contributed by atoms with van der Waals surface area (Å²) in [6, 6.07) is 10.6. The second-order valence-electron chi connectivity index (χ2n) is 8.24. The Morgan fingerprint density at radius 3 is 2.32 bits per heavy atom. The van der Waals surface area contributed by atoms with E-state index in [4.69, 9.17) is 0 Å². The van der Waals surface area contributed by atoms with E-state index in [-0.39, 0.29) is 12.5 Å². The number of imidazole rings is 1.